The number of aromatic nitrogens is 1. The van der Waals surface area contributed by atoms with Crippen LogP contribution in [0.2, 0.25) is 5.02 Å². The third kappa shape index (κ3) is 4.97. The highest BCUT2D eigenvalue weighted by Crippen LogP contribution is 2.29. The predicted molar refractivity (Wildman–Crippen MR) is 114 cm³/mol. The molecule has 0 saturated carbocycles. The molecule has 0 amide bonds. The molecule has 0 spiro atoms. The highest BCUT2D eigenvalue weighted by Gasteiger charge is 2.11. The molecule has 0 aliphatic heterocycles. The van der Waals surface area contributed by atoms with Crippen LogP contribution in [0.25, 0.3) is 22.2 Å². The first-order chi connectivity index (χ1) is 14.6. The summed E-state index contributed by atoms with van der Waals surface area (Å²) in [5.41, 5.74) is 2.96. The zero-order chi connectivity index (χ0) is 20.9. The lowest BCUT2D eigenvalue weighted by Gasteiger charge is -2.13. The van der Waals surface area contributed by atoms with Gasteiger partial charge >= 0.3 is 0 Å². The second-order valence-electron chi connectivity index (χ2n) is 6.92. The van der Waals surface area contributed by atoms with Crippen LogP contribution in [0.15, 0.2) is 71.3 Å². The average molecular weight is 427 g/mol. The standard InChI is InChI=1S/C23H20ClFN2O3/c24-17-5-1-15(2-6-17)12-26-13-19(28)14-29-20-8-3-16(4-9-20)23-21-10-7-18(25)11-22(21)30-27-23/h1-11,19,26,28H,12-14H2/t19-/m1/s1. The molecule has 0 aliphatic carbocycles. The number of nitrogens with zero attached hydrogens (tertiary/aromatic N) is 1. The van der Waals surface area contributed by atoms with Crippen molar-refractivity contribution in [1.82, 2.24) is 10.5 Å². The van der Waals surface area contributed by atoms with Crippen molar-refractivity contribution in [3.05, 3.63) is 83.1 Å². The minimum Gasteiger partial charge on any atom is -0.491 e. The Morgan fingerprint density at radius 3 is 2.60 bits per heavy atom. The maximum atomic E-state index is 13.3. The number of hydrogen-bond acceptors (Lipinski definition) is 5. The first-order valence-electron chi connectivity index (χ1n) is 9.50. The van der Waals surface area contributed by atoms with Crippen molar-refractivity contribution < 1.29 is 18.8 Å². The zero-order valence-corrected chi connectivity index (χ0v) is 16.8. The van der Waals surface area contributed by atoms with Crippen LogP contribution < -0.4 is 10.1 Å². The minimum atomic E-state index is -0.647. The van der Waals surface area contributed by atoms with Crippen molar-refractivity contribution in [2.24, 2.45) is 0 Å². The zero-order valence-electron chi connectivity index (χ0n) is 16.0. The van der Waals surface area contributed by atoms with Crippen LogP contribution in [-0.4, -0.2) is 29.5 Å². The summed E-state index contributed by atoms with van der Waals surface area (Å²) in [6, 6.07) is 19.2. The van der Waals surface area contributed by atoms with Crippen LogP contribution in [0.1, 0.15) is 5.56 Å². The topological polar surface area (TPSA) is 67.5 Å². The molecule has 3 aromatic carbocycles. The van der Waals surface area contributed by atoms with Gasteiger partial charge in [-0.25, -0.2) is 4.39 Å². The molecule has 0 radical (unpaired) electrons. The van der Waals surface area contributed by atoms with Gasteiger partial charge in [-0.15, -0.1) is 0 Å². The normalized spacial score (nSPS) is 12.2. The van der Waals surface area contributed by atoms with E-state index in [2.05, 4.69) is 10.5 Å². The Morgan fingerprint density at radius 2 is 1.83 bits per heavy atom. The van der Waals surface area contributed by atoms with Crippen molar-refractivity contribution in [2.45, 2.75) is 12.6 Å². The first kappa shape index (κ1) is 20.3. The third-order valence-electron chi connectivity index (χ3n) is 4.63. The Kier molecular flexibility index (Phi) is 6.28. The molecule has 4 aromatic rings. The second kappa shape index (κ2) is 9.26. The molecular formula is C23H20ClFN2O3. The summed E-state index contributed by atoms with van der Waals surface area (Å²) in [5.74, 6) is 0.268. The van der Waals surface area contributed by atoms with Crippen LogP contribution >= 0.6 is 11.6 Å². The number of ether oxygens (including phenoxy) is 1. The van der Waals surface area contributed by atoms with Gasteiger partial charge in [-0.1, -0.05) is 28.9 Å². The molecule has 7 heteroatoms. The van der Waals surface area contributed by atoms with Crippen LogP contribution in [0.4, 0.5) is 4.39 Å². The van der Waals surface area contributed by atoms with E-state index in [4.69, 9.17) is 20.9 Å². The molecule has 0 aliphatic rings. The van der Waals surface area contributed by atoms with E-state index in [0.717, 1.165) is 16.5 Å². The largest absolute Gasteiger partial charge is 0.491 e. The molecular weight excluding hydrogens is 407 g/mol. The molecule has 1 heterocycles. The summed E-state index contributed by atoms with van der Waals surface area (Å²) >= 11 is 5.87. The molecule has 1 atom stereocenters. The van der Waals surface area contributed by atoms with Crippen LogP contribution in [-0.2, 0) is 6.54 Å². The monoisotopic (exact) mass is 426 g/mol. The van der Waals surface area contributed by atoms with E-state index in [-0.39, 0.29) is 12.4 Å². The van der Waals surface area contributed by atoms with Gasteiger partial charge in [-0.2, -0.15) is 0 Å². The van der Waals surface area contributed by atoms with Crippen molar-refractivity contribution >= 4 is 22.6 Å². The maximum absolute atomic E-state index is 13.3. The smallest absolute Gasteiger partial charge is 0.170 e. The van der Waals surface area contributed by atoms with Crippen molar-refractivity contribution in [3.8, 4) is 17.0 Å². The Bertz CT molecular complexity index is 1110. The van der Waals surface area contributed by atoms with Gasteiger partial charge in [0.2, 0.25) is 0 Å². The molecule has 154 valence electrons. The van der Waals surface area contributed by atoms with Gasteiger partial charge in [-0.3, -0.25) is 0 Å². The number of rotatable bonds is 8. The maximum Gasteiger partial charge on any atom is 0.170 e. The Hall–Kier alpha value is -2.93. The van der Waals surface area contributed by atoms with E-state index in [1.807, 2.05) is 36.4 Å². The van der Waals surface area contributed by atoms with Gasteiger partial charge in [0.05, 0.1) is 0 Å². The lowest BCUT2D eigenvalue weighted by Crippen LogP contribution is -2.31. The van der Waals surface area contributed by atoms with Gasteiger partial charge in [0.15, 0.2) is 5.58 Å². The lowest BCUT2D eigenvalue weighted by atomic mass is 10.1. The number of aliphatic hydroxyl groups is 1. The van der Waals surface area contributed by atoms with Gasteiger partial charge in [0.1, 0.15) is 30.0 Å². The molecule has 1 aromatic heterocycles. The van der Waals surface area contributed by atoms with Crippen molar-refractivity contribution in [1.29, 1.82) is 0 Å². The van der Waals surface area contributed by atoms with Gasteiger partial charge < -0.3 is 19.7 Å². The van der Waals surface area contributed by atoms with Crippen LogP contribution in [0.5, 0.6) is 5.75 Å². The molecule has 0 fully saturated rings. The molecule has 0 saturated heterocycles. The SMILES string of the molecule is O[C@H](CNCc1ccc(Cl)cc1)COc1ccc(-c2noc3cc(F)ccc23)cc1. The van der Waals surface area contributed by atoms with E-state index < -0.39 is 6.10 Å². The van der Waals surface area contributed by atoms with Crippen molar-refractivity contribution in [3.63, 3.8) is 0 Å². The van der Waals surface area contributed by atoms with E-state index in [0.29, 0.717) is 35.1 Å². The summed E-state index contributed by atoms with van der Waals surface area (Å²) in [4.78, 5) is 0. The molecule has 30 heavy (non-hydrogen) atoms. The van der Waals surface area contributed by atoms with Gasteiger partial charge in [0.25, 0.3) is 0 Å². The summed E-state index contributed by atoms with van der Waals surface area (Å²) in [5, 5.41) is 18.8. The van der Waals surface area contributed by atoms with Crippen LogP contribution in [0.3, 0.4) is 0 Å². The Balaban J connectivity index is 1.28. The predicted octanol–water partition coefficient (Wildman–Crippen LogP) is 4.82. The molecule has 2 N–H and O–H groups in total. The fraction of sp³-hybridized carbons (Fsp3) is 0.174. The van der Waals surface area contributed by atoms with E-state index >= 15 is 0 Å². The minimum absolute atomic E-state index is 0.166. The highest BCUT2D eigenvalue weighted by atomic mass is 35.5. The summed E-state index contributed by atoms with van der Waals surface area (Å²) in [7, 11) is 0. The van der Waals surface area contributed by atoms with E-state index in [1.165, 1.54) is 12.1 Å². The number of halogens is 2. The van der Waals surface area contributed by atoms with Crippen molar-refractivity contribution in [2.75, 3.05) is 13.2 Å². The quantitative estimate of drug-likeness (QED) is 0.423. The molecule has 5 nitrogen and oxygen atoms in total. The number of nitrogens with one attached hydrogen (secondary N) is 1. The Labute approximate surface area is 178 Å². The van der Waals surface area contributed by atoms with Gasteiger partial charge in [-0.05, 0) is 54.1 Å². The summed E-state index contributed by atoms with van der Waals surface area (Å²) in [6.07, 6.45) is -0.647. The third-order valence-corrected chi connectivity index (χ3v) is 4.88. The average Bonchev–Trinajstić information content (AvgIpc) is 3.17. The number of aliphatic hydroxyl groups excluding tert-OH is 1. The fourth-order valence-corrected chi connectivity index (χ4v) is 3.19. The van der Waals surface area contributed by atoms with Gasteiger partial charge in [0, 0.05) is 35.1 Å². The van der Waals surface area contributed by atoms with Crippen LogP contribution in [0, 0.1) is 5.82 Å². The fourth-order valence-electron chi connectivity index (χ4n) is 3.07. The summed E-state index contributed by atoms with van der Waals surface area (Å²) in [6.45, 7) is 1.21. The second-order valence-corrected chi connectivity index (χ2v) is 7.35. The first-order valence-corrected chi connectivity index (χ1v) is 9.88. The molecule has 4 rings (SSSR count). The highest BCUT2D eigenvalue weighted by molar-refractivity contribution is 6.30. The Morgan fingerprint density at radius 1 is 1.07 bits per heavy atom. The molecule has 0 bridgehead atoms. The molecule has 0 unspecified atom stereocenters. The number of benzene rings is 3. The number of fused-ring (bicyclic) bond motifs is 1. The number of hydrogen-bond donors (Lipinski definition) is 2. The summed E-state index contributed by atoms with van der Waals surface area (Å²) < 4.78 is 24.2. The lowest BCUT2D eigenvalue weighted by molar-refractivity contribution is 0.106. The van der Waals surface area contributed by atoms with E-state index in [1.54, 1.807) is 18.2 Å². The van der Waals surface area contributed by atoms with E-state index in [9.17, 15) is 9.50 Å².